The average Bonchev–Trinajstić information content (AvgIpc) is 2.59. The number of rotatable bonds is 7. The van der Waals surface area contributed by atoms with Crippen LogP contribution in [-0.2, 0) is 16.0 Å². The lowest BCUT2D eigenvalue weighted by Gasteiger charge is -2.05. The van der Waals surface area contributed by atoms with E-state index in [9.17, 15) is 4.79 Å². The van der Waals surface area contributed by atoms with Crippen LogP contribution in [0.2, 0.25) is 0 Å². The van der Waals surface area contributed by atoms with Gasteiger partial charge in [0.25, 0.3) is 0 Å². The first-order valence-electron chi connectivity index (χ1n) is 4.98. The Hall–Kier alpha value is -0.590. The summed E-state index contributed by atoms with van der Waals surface area (Å²) in [4.78, 5) is 14.7. The van der Waals surface area contributed by atoms with Crippen LogP contribution in [0, 0.1) is 0 Å². The van der Waals surface area contributed by atoms with Crippen LogP contribution >= 0.6 is 23.1 Å². The number of aromatic nitrogens is 1. The van der Waals surface area contributed by atoms with Crippen molar-refractivity contribution in [2.45, 2.75) is 30.7 Å². The first-order valence-corrected chi connectivity index (χ1v) is 6.85. The highest BCUT2D eigenvalue weighted by molar-refractivity contribution is 8.01. The van der Waals surface area contributed by atoms with Crippen molar-refractivity contribution in [3.63, 3.8) is 0 Å². The Morgan fingerprint density at radius 1 is 1.69 bits per heavy atom. The van der Waals surface area contributed by atoms with Gasteiger partial charge in [-0.2, -0.15) is 0 Å². The van der Waals surface area contributed by atoms with Crippen molar-refractivity contribution in [3.05, 3.63) is 11.1 Å². The summed E-state index contributed by atoms with van der Waals surface area (Å²) < 4.78 is 6.30. The van der Waals surface area contributed by atoms with Gasteiger partial charge >= 0.3 is 5.97 Å². The van der Waals surface area contributed by atoms with Crippen LogP contribution in [0.25, 0.3) is 0 Å². The van der Waals surface area contributed by atoms with Crippen LogP contribution in [0.4, 0.5) is 0 Å². The summed E-state index contributed by atoms with van der Waals surface area (Å²) in [5, 5.41) is 10.4. The van der Waals surface area contributed by atoms with Crippen molar-refractivity contribution in [1.29, 1.82) is 0 Å². The van der Waals surface area contributed by atoms with Gasteiger partial charge in [-0.15, -0.1) is 11.3 Å². The van der Waals surface area contributed by atoms with Crippen molar-refractivity contribution in [1.82, 2.24) is 4.98 Å². The number of ether oxygens (including phenoxy) is 1. The fourth-order valence-electron chi connectivity index (χ4n) is 1.00. The van der Waals surface area contributed by atoms with E-state index in [0.717, 1.165) is 10.1 Å². The standard InChI is InChI=1S/C10H15NO3S2/c1-7(2)14-3-4-15-10-11-8(6-16-10)5-9(12)13/h6-7H,3-5H2,1-2H3,(H,12,13). The highest BCUT2D eigenvalue weighted by atomic mass is 32.2. The number of hydrogen-bond donors (Lipinski definition) is 1. The van der Waals surface area contributed by atoms with E-state index in [4.69, 9.17) is 9.84 Å². The molecule has 6 heteroatoms. The first-order chi connectivity index (χ1) is 7.58. The molecule has 0 saturated carbocycles. The first kappa shape index (κ1) is 13.5. The fourth-order valence-corrected chi connectivity index (χ4v) is 2.75. The molecule has 90 valence electrons. The van der Waals surface area contributed by atoms with Gasteiger partial charge in [0.15, 0.2) is 0 Å². The third-order valence-corrected chi connectivity index (χ3v) is 3.66. The predicted octanol–water partition coefficient (Wildman–Crippen LogP) is 2.29. The minimum Gasteiger partial charge on any atom is -0.481 e. The van der Waals surface area contributed by atoms with E-state index >= 15 is 0 Å². The molecule has 0 atom stereocenters. The Bertz CT molecular complexity index is 339. The highest BCUT2D eigenvalue weighted by Gasteiger charge is 2.06. The van der Waals surface area contributed by atoms with E-state index in [1.54, 1.807) is 17.1 Å². The van der Waals surface area contributed by atoms with E-state index in [0.29, 0.717) is 12.3 Å². The van der Waals surface area contributed by atoms with Gasteiger partial charge in [0.2, 0.25) is 0 Å². The number of nitrogens with zero attached hydrogens (tertiary/aromatic N) is 1. The molecular formula is C10H15NO3S2. The minimum absolute atomic E-state index is 0.000442. The van der Waals surface area contributed by atoms with Gasteiger partial charge < -0.3 is 9.84 Å². The molecule has 4 nitrogen and oxygen atoms in total. The molecule has 1 aromatic heterocycles. The van der Waals surface area contributed by atoms with Gasteiger partial charge in [-0.25, -0.2) is 4.98 Å². The zero-order valence-corrected chi connectivity index (χ0v) is 10.9. The molecule has 0 aromatic carbocycles. The minimum atomic E-state index is -0.843. The van der Waals surface area contributed by atoms with E-state index < -0.39 is 5.97 Å². The topological polar surface area (TPSA) is 59.4 Å². The number of carbonyl (C=O) groups is 1. The second kappa shape index (κ2) is 6.88. The molecule has 1 heterocycles. The summed E-state index contributed by atoms with van der Waals surface area (Å²) in [6, 6.07) is 0. The Labute approximate surface area is 103 Å². The number of carboxylic acid groups (broad SMARTS) is 1. The van der Waals surface area contributed by atoms with E-state index in [1.807, 2.05) is 13.8 Å². The fraction of sp³-hybridized carbons (Fsp3) is 0.600. The molecule has 0 aliphatic rings. The summed E-state index contributed by atoms with van der Waals surface area (Å²) in [7, 11) is 0. The SMILES string of the molecule is CC(C)OCCSc1nc(CC(=O)O)cs1. The molecule has 0 aliphatic carbocycles. The summed E-state index contributed by atoms with van der Waals surface area (Å²) >= 11 is 3.08. The zero-order chi connectivity index (χ0) is 12.0. The third-order valence-electron chi connectivity index (χ3n) is 1.62. The van der Waals surface area contributed by atoms with E-state index in [1.165, 1.54) is 11.3 Å². The zero-order valence-electron chi connectivity index (χ0n) is 9.30. The quantitative estimate of drug-likeness (QED) is 0.603. The lowest BCUT2D eigenvalue weighted by Crippen LogP contribution is -2.05. The summed E-state index contributed by atoms with van der Waals surface area (Å²) in [5.74, 6) is 0.00284. The van der Waals surface area contributed by atoms with Crippen molar-refractivity contribution in [2.24, 2.45) is 0 Å². The molecule has 0 spiro atoms. The van der Waals surface area contributed by atoms with Crippen molar-refractivity contribution in [3.8, 4) is 0 Å². The van der Waals surface area contributed by atoms with Gasteiger partial charge in [-0.05, 0) is 13.8 Å². The molecular weight excluding hydrogens is 246 g/mol. The normalized spacial score (nSPS) is 10.9. The molecule has 0 fully saturated rings. The van der Waals surface area contributed by atoms with E-state index in [-0.39, 0.29) is 12.5 Å². The molecule has 0 unspecified atom stereocenters. The Morgan fingerprint density at radius 2 is 2.44 bits per heavy atom. The number of hydrogen-bond acceptors (Lipinski definition) is 5. The third kappa shape index (κ3) is 5.48. The monoisotopic (exact) mass is 261 g/mol. The lowest BCUT2D eigenvalue weighted by molar-refractivity contribution is -0.136. The predicted molar refractivity (Wildman–Crippen MR) is 65.3 cm³/mol. The maximum absolute atomic E-state index is 10.5. The van der Waals surface area contributed by atoms with Gasteiger partial charge in [-0.1, -0.05) is 11.8 Å². The molecule has 0 bridgehead atoms. The Balaban J connectivity index is 2.26. The Morgan fingerprint density at radius 3 is 3.06 bits per heavy atom. The number of thiazole rings is 1. The number of carboxylic acids is 1. The molecule has 1 rings (SSSR count). The maximum Gasteiger partial charge on any atom is 0.309 e. The second-order valence-electron chi connectivity index (χ2n) is 3.44. The highest BCUT2D eigenvalue weighted by Crippen LogP contribution is 2.22. The average molecular weight is 261 g/mol. The number of thioether (sulfide) groups is 1. The van der Waals surface area contributed by atoms with Gasteiger partial charge in [-0.3, -0.25) is 4.79 Å². The summed E-state index contributed by atoms with van der Waals surface area (Å²) in [6.45, 7) is 4.69. The second-order valence-corrected chi connectivity index (χ2v) is 5.64. The molecule has 0 saturated heterocycles. The largest absolute Gasteiger partial charge is 0.481 e. The van der Waals surface area contributed by atoms with Crippen LogP contribution < -0.4 is 0 Å². The summed E-state index contributed by atoms with van der Waals surface area (Å²) in [5.41, 5.74) is 0.629. The molecule has 0 amide bonds. The Kier molecular flexibility index (Phi) is 5.79. The molecule has 0 aliphatic heterocycles. The number of aliphatic carboxylic acids is 1. The van der Waals surface area contributed by atoms with Gasteiger partial charge in [0.1, 0.15) is 4.34 Å². The van der Waals surface area contributed by atoms with Gasteiger partial charge in [0.05, 0.1) is 24.8 Å². The van der Waals surface area contributed by atoms with Crippen LogP contribution in [0.3, 0.4) is 0 Å². The van der Waals surface area contributed by atoms with Crippen LogP contribution in [0.15, 0.2) is 9.72 Å². The molecule has 16 heavy (non-hydrogen) atoms. The van der Waals surface area contributed by atoms with E-state index in [2.05, 4.69) is 4.98 Å². The molecule has 1 aromatic rings. The van der Waals surface area contributed by atoms with Crippen LogP contribution in [-0.4, -0.2) is 34.5 Å². The van der Waals surface area contributed by atoms with Crippen molar-refractivity contribution < 1.29 is 14.6 Å². The lowest BCUT2D eigenvalue weighted by atomic mass is 10.3. The van der Waals surface area contributed by atoms with Crippen molar-refractivity contribution >= 4 is 29.1 Å². The van der Waals surface area contributed by atoms with Crippen molar-refractivity contribution in [2.75, 3.05) is 12.4 Å². The molecule has 1 N–H and O–H groups in total. The smallest absolute Gasteiger partial charge is 0.309 e. The summed E-state index contributed by atoms with van der Waals surface area (Å²) in [6.07, 6.45) is 0.249. The van der Waals surface area contributed by atoms with Crippen LogP contribution in [0.1, 0.15) is 19.5 Å². The molecule has 0 radical (unpaired) electrons. The maximum atomic E-state index is 10.5. The van der Waals surface area contributed by atoms with Gasteiger partial charge in [0, 0.05) is 11.1 Å². The van der Waals surface area contributed by atoms with Crippen LogP contribution in [0.5, 0.6) is 0 Å².